The second kappa shape index (κ2) is 6.98. The van der Waals surface area contributed by atoms with E-state index in [9.17, 15) is 4.79 Å². The van der Waals surface area contributed by atoms with Crippen LogP contribution in [0.25, 0.3) is 0 Å². The first-order chi connectivity index (χ1) is 7.74. The molecule has 0 heterocycles. The molecule has 1 aromatic carbocycles. The predicted molar refractivity (Wildman–Crippen MR) is 60.5 cm³/mol. The van der Waals surface area contributed by atoms with Gasteiger partial charge in [0.25, 0.3) is 0 Å². The summed E-state index contributed by atoms with van der Waals surface area (Å²) in [5.41, 5.74) is 6.52. The lowest BCUT2D eigenvalue weighted by atomic mass is 10.2. The van der Waals surface area contributed by atoms with Crippen LogP contribution >= 0.6 is 0 Å². The normalized spacial score (nSPS) is 12.1. The maximum atomic E-state index is 11.4. The van der Waals surface area contributed by atoms with E-state index in [2.05, 4.69) is 0 Å². The van der Waals surface area contributed by atoms with Gasteiger partial charge in [-0.15, -0.1) is 0 Å². The Balaban J connectivity index is 2.29. The Bertz CT molecular complexity index is 313. The van der Waals surface area contributed by atoms with Gasteiger partial charge in [-0.05, 0) is 18.4 Å². The van der Waals surface area contributed by atoms with Crippen LogP contribution < -0.4 is 5.73 Å². The van der Waals surface area contributed by atoms with Crippen molar-refractivity contribution < 1.29 is 14.6 Å². The van der Waals surface area contributed by atoms with E-state index >= 15 is 0 Å². The number of nitrogens with two attached hydrogens (primary N) is 1. The van der Waals surface area contributed by atoms with Crippen molar-refractivity contribution in [1.82, 2.24) is 0 Å². The highest BCUT2D eigenvalue weighted by molar-refractivity contribution is 5.75. The number of aliphatic hydroxyl groups is 1. The molecule has 0 fully saturated rings. The lowest BCUT2D eigenvalue weighted by molar-refractivity contribution is -0.146. The number of rotatable bonds is 6. The van der Waals surface area contributed by atoms with Crippen LogP contribution in [0.3, 0.4) is 0 Å². The summed E-state index contributed by atoms with van der Waals surface area (Å²) in [7, 11) is 0. The highest BCUT2D eigenvalue weighted by Gasteiger charge is 2.14. The molecular weight excluding hydrogens is 206 g/mol. The van der Waals surface area contributed by atoms with Crippen molar-refractivity contribution in [2.24, 2.45) is 5.73 Å². The maximum absolute atomic E-state index is 11.4. The fraction of sp³-hybridized carbons (Fsp3) is 0.417. The number of hydrogen-bond acceptors (Lipinski definition) is 4. The van der Waals surface area contributed by atoms with Gasteiger partial charge >= 0.3 is 5.97 Å². The summed E-state index contributed by atoms with van der Waals surface area (Å²) in [4.78, 5) is 11.4. The fourth-order valence-corrected chi connectivity index (χ4v) is 1.26. The molecule has 0 unspecified atom stereocenters. The molecule has 0 amide bonds. The number of carbonyl (C=O) groups is 1. The Morgan fingerprint density at radius 3 is 2.69 bits per heavy atom. The Kier molecular flexibility index (Phi) is 5.53. The molecule has 0 saturated heterocycles. The van der Waals surface area contributed by atoms with Crippen molar-refractivity contribution in [3.63, 3.8) is 0 Å². The molecule has 16 heavy (non-hydrogen) atoms. The number of carbonyl (C=O) groups excluding carboxylic acids is 1. The number of benzene rings is 1. The number of aliphatic hydroxyl groups excluding tert-OH is 1. The maximum Gasteiger partial charge on any atom is 0.323 e. The Morgan fingerprint density at radius 2 is 2.06 bits per heavy atom. The summed E-state index contributed by atoms with van der Waals surface area (Å²) >= 11 is 0. The third-order valence-corrected chi connectivity index (χ3v) is 2.20. The lowest BCUT2D eigenvalue weighted by Gasteiger charge is -2.10. The summed E-state index contributed by atoms with van der Waals surface area (Å²) in [6.45, 7) is 0.284. The van der Waals surface area contributed by atoms with Crippen LogP contribution in [0.5, 0.6) is 0 Å². The van der Waals surface area contributed by atoms with Crippen molar-refractivity contribution in [3.8, 4) is 0 Å². The van der Waals surface area contributed by atoms with E-state index in [4.69, 9.17) is 15.6 Å². The summed E-state index contributed by atoms with van der Waals surface area (Å²) in [5.74, 6) is -0.419. The molecule has 3 N–H and O–H groups in total. The Morgan fingerprint density at radius 1 is 1.38 bits per heavy atom. The zero-order chi connectivity index (χ0) is 11.8. The van der Waals surface area contributed by atoms with Gasteiger partial charge in [-0.1, -0.05) is 30.3 Å². The van der Waals surface area contributed by atoms with Gasteiger partial charge in [0.15, 0.2) is 0 Å². The molecular formula is C12H17NO3. The molecule has 88 valence electrons. The SMILES string of the molecule is N[C@@H](CCCO)C(=O)OCc1ccccc1. The summed E-state index contributed by atoms with van der Waals surface area (Å²) in [5, 5.41) is 8.60. The molecule has 4 heteroatoms. The molecule has 0 aliphatic carbocycles. The van der Waals surface area contributed by atoms with Gasteiger partial charge in [-0.3, -0.25) is 4.79 Å². The van der Waals surface area contributed by atoms with E-state index in [0.717, 1.165) is 5.56 Å². The van der Waals surface area contributed by atoms with E-state index in [1.54, 1.807) is 0 Å². The molecule has 4 nitrogen and oxygen atoms in total. The molecule has 0 spiro atoms. The standard InChI is InChI=1S/C12H17NO3/c13-11(7-4-8-14)12(15)16-9-10-5-2-1-3-6-10/h1-3,5-6,11,14H,4,7-9,13H2/t11-/m0/s1. The van der Waals surface area contributed by atoms with Gasteiger partial charge < -0.3 is 15.6 Å². The van der Waals surface area contributed by atoms with Crippen LogP contribution in [-0.4, -0.2) is 23.7 Å². The van der Waals surface area contributed by atoms with E-state index in [0.29, 0.717) is 12.8 Å². The number of hydrogen-bond donors (Lipinski definition) is 2. The lowest BCUT2D eigenvalue weighted by Crippen LogP contribution is -2.32. The van der Waals surface area contributed by atoms with E-state index in [1.165, 1.54) is 0 Å². The first kappa shape index (κ1) is 12.7. The zero-order valence-electron chi connectivity index (χ0n) is 9.13. The highest BCUT2D eigenvalue weighted by atomic mass is 16.5. The molecule has 0 aliphatic heterocycles. The van der Waals surface area contributed by atoms with Crippen molar-refractivity contribution >= 4 is 5.97 Å². The first-order valence-corrected chi connectivity index (χ1v) is 5.31. The van der Waals surface area contributed by atoms with Crippen LogP contribution in [0, 0.1) is 0 Å². The quantitative estimate of drug-likeness (QED) is 0.701. The third kappa shape index (κ3) is 4.42. The van der Waals surface area contributed by atoms with Crippen LogP contribution in [0.2, 0.25) is 0 Å². The van der Waals surface area contributed by atoms with E-state index < -0.39 is 12.0 Å². The van der Waals surface area contributed by atoms with Crippen molar-refractivity contribution in [1.29, 1.82) is 0 Å². The third-order valence-electron chi connectivity index (χ3n) is 2.20. The molecule has 0 saturated carbocycles. The average molecular weight is 223 g/mol. The Hall–Kier alpha value is -1.39. The monoisotopic (exact) mass is 223 g/mol. The highest BCUT2D eigenvalue weighted by Crippen LogP contribution is 2.03. The zero-order valence-corrected chi connectivity index (χ0v) is 9.13. The van der Waals surface area contributed by atoms with Gasteiger partial charge in [-0.25, -0.2) is 0 Å². The Labute approximate surface area is 95.0 Å². The van der Waals surface area contributed by atoms with Crippen molar-refractivity contribution in [3.05, 3.63) is 35.9 Å². The van der Waals surface area contributed by atoms with E-state index in [-0.39, 0.29) is 13.2 Å². The van der Waals surface area contributed by atoms with Gasteiger partial charge in [-0.2, -0.15) is 0 Å². The van der Waals surface area contributed by atoms with Gasteiger partial charge in [0.2, 0.25) is 0 Å². The van der Waals surface area contributed by atoms with Crippen LogP contribution in [0.4, 0.5) is 0 Å². The molecule has 1 rings (SSSR count). The number of esters is 1. The minimum atomic E-state index is -0.643. The van der Waals surface area contributed by atoms with Gasteiger partial charge in [0.1, 0.15) is 12.6 Å². The first-order valence-electron chi connectivity index (χ1n) is 5.31. The summed E-state index contributed by atoms with van der Waals surface area (Å²) in [6, 6.07) is 8.79. The second-order valence-electron chi connectivity index (χ2n) is 3.57. The molecule has 1 aromatic rings. The second-order valence-corrected chi connectivity index (χ2v) is 3.57. The molecule has 0 radical (unpaired) electrons. The van der Waals surface area contributed by atoms with Gasteiger partial charge in [0, 0.05) is 6.61 Å². The molecule has 1 atom stereocenters. The topological polar surface area (TPSA) is 72.5 Å². The van der Waals surface area contributed by atoms with Crippen LogP contribution in [-0.2, 0) is 16.1 Å². The van der Waals surface area contributed by atoms with Crippen molar-refractivity contribution in [2.45, 2.75) is 25.5 Å². The molecule has 0 bridgehead atoms. The van der Waals surface area contributed by atoms with Crippen LogP contribution in [0.1, 0.15) is 18.4 Å². The average Bonchev–Trinajstić information content (AvgIpc) is 2.34. The predicted octanol–water partition coefficient (Wildman–Crippen LogP) is 0.830. The van der Waals surface area contributed by atoms with E-state index in [1.807, 2.05) is 30.3 Å². The smallest absolute Gasteiger partial charge is 0.323 e. The molecule has 0 aliphatic rings. The van der Waals surface area contributed by atoms with Crippen LogP contribution in [0.15, 0.2) is 30.3 Å². The minimum absolute atomic E-state index is 0.0413. The molecule has 0 aromatic heterocycles. The van der Waals surface area contributed by atoms with Crippen molar-refractivity contribution in [2.75, 3.05) is 6.61 Å². The fourth-order valence-electron chi connectivity index (χ4n) is 1.26. The largest absolute Gasteiger partial charge is 0.460 e. The minimum Gasteiger partial charge on any atom is -0.460 e. The van der Waals surface area contributed by atoms with Gasteiger partial charge in [0.05, 0.1) is 0 Å². The number of ether oxygens (including phenoxy) is 1. The summed E-state index contributed by atoms with van der Waals surface area (Å²) < 4.78 is 5.04. The summed E-state index contributed by atoms with van der Waals surface area (Å²) in [6.07, 6.45) is 0.964.